The normalized spacial score (nSPS) is 15.5. The third-order valence-electron chi connectivity index (χ3n) is 2.76. The number of carbonyl (C=O) groups excluding carboxylic acids is 1. The van der Waals surface area contributed by atoms with Crippen LogP contribution >= 0.6 is 12.2 Å². The average molecular weight is 234 g/mol. The number of thiocarbonyl (C=S) groups is 1. The van der Waals surface area contributed by atoms with Gasteiger partial charge in [-0.15, -0.1) is 0 Å². The minimum absolute atomic E-state index is 0.237. The van der Waals surface area contributed by atoms with Crippen molar-refractivity contribution in [1.82, 2.24) is 4.90 Å². The van der Waals surface area contributed by atoms with Crippen LogP contribution in [0.25, 0.3) is 0 Å². The second kappa shape index (κ2) is 4.61. The lowest BCUT2D eigenvalue weighted by Crippen LogP contribution is -2.24. The van der Waals surface area contributed by atoms with Crippen molar-refractivity contribution < 1.29 is 4.79 Å². The van der Waals surface area contributed by atoms with Crippen LogP contribution in [0.1, 0.15) is 24.0 Å². The number of hydrogen-bond donors (Lipinski definition) is 1. The average Bonchev–Trinajstić information content (AvgIpc) is 2.65. The summed E-state index contributed by atoms with van der Waals surface area (Å²) in [7, 11) is 0. The van der Waals surface area contributed by atoms with Crippen molar-refractivity contribution in [2.24, 2.45) is 5.73 Å². The van der Waals surface area contributed by atoms with Gasteiger partial charge in [-0.25, -0.2) is 0 Å². The molecular weight excluding hydrogens is 220 g/mol. The Bertz CT molecular complexity index is 431. The fourth-order valence-electron chi connectivity index (χ4n) is 1.91. The molecule has 1 aliphatic heterocycles. The summed E-state index contributed by atoms with van der Waals surface area (Å²) in [6.45, 7) is 1.52. The molecule has 0 bridgehead atoms. The highest BCUT2D eigenvalue weighted by Crippen LogP contribution is 2.15. The molecule has 0 spiro atoms. The molecule has 1 aliphatic rings. The zero-order valence-electron chi connectivity index (χ0n) is 8.98. The van der Waals surface area contributed by atoms with Gasteiger partial charge in [-0.2, -0.15) is 0 Å². The topological polar surface area (TPSA) is 46.3 Å². The van der Waals surface area contributed by atoms with E-state index in [-0.39, 0.29) is 5.91 Å². The Morgan fingerprint density at radius 1 is 1.50 bits per heavy atom. The van der Waals surface area contributed by atoms with Gasteiger partial charge in [0.25, 0.3) is 0 Å². The van der Waals surface area contributed by atoms with Crippen LogP contribution < -0.4 is 5.73 Å². The van der Waals surface area contributed by atoms with Gasteiger partial charge in [0.05, 0.1) is 0 Å². The van der Waals surface area contributed by atoms with E-state index in [2.05, 4.69) is 0 Å². The second-order valence-electron chi connectivity index (χ2n) is 3.98. The van der Waals surface area contributed by atoms with Crippen LogP contribution in [0.4, 0.5) is 0 Å². The second-order valence-corrected chi connectivity index (χ2v) is 4.42. The molecule has 1 aromatic carbocycles. The highest BCUT2D eigenvalue weighted by molar-refractivity contribution is 7.80. The quantitative estimate of drug-likeness (QED) is 0.805. The van der Waals surface area contributed by atoms with Crippen molar-refractivity contribution in [3.63, 3.8) is 0 Å². The summed E-state index contributed by atoms with van der Waals surface area (Å²) in [4.78, 5) is 13.7. The maximum absolute atomic E-state index is 11.5. The van der Waals surface area contributed by atoms with Crippen molar-refractivity contribution in [3.8, 4) is 0 Å². The fraction of sp³-hybridized carbons (Fsp3) is 0.333. The molecule has 1 heterocycles. The Morgan fingerprint density at radius 3 is 2.94 bits per heavy atom. The predicted molar refractivity (Wildman–Crippen MR) is 67.0 cm³/mol. The third-order valence-corrected chi connectivity index (χ3v) is 2.99. The number of carbonyl (C=O) groups is 1. The minimum atomic E-state index is 0.237. The Kier molecular flexibility index (Phi) is 3.19. The first-order valence-electron chi connectivity index (χ1n) is 5.33. The van der Waals surface area contributed by atoms with Gasteiger partial charge in [-0.1, -0.05) is 30.4 Å². The van der Waals surface area contributed by atoms with Crippen molar-refractivity contribution in [2.45, 2.75) is 19.4 Å². The van der Waals surface area contributed by atoms with Crippen LogP contribution in [-0.2, 0) is 11.3 Å². The van der Waals surface area contributed by atoms with Gasteiger partial charge in [0.1, 0.15) is 4.99 Å². The van der Waals surface area contributed by atoms with E-state index in [1.54, 1.807) is 0 Å². The lowest BCUT2D eigenvalue weighted by atomic mass is 10.1. The molecule has 0 saturated carbocycles. The number of benzene rings is 1. The molecule has 2 rings (SSSR count). The van der Waals surface area contributed by atoms with Gasteiger partial charge >= 0.3 is 0 Å². The molecule has 1 saturated heterocycles. The maximum Gasteiger partial charge on any atom is 0.222 e. The summed E-state index contributed by atoms with van der Waals surface area (Å²) in [5.41, 5.74) is 7.51. The van der Waals surface area contributed by atoms with E-state index in [1.165, 1.54) is 0 Å². The van der Waals surface area contributed by atoms with E-state index < -0.39 is 0 Å². The van der Waals surface area contributed by atoms with Crippen LogP contribution in [0.15, 0.2) is 24.3 Å². The molecule has 3 nitrogen and oxygen atoms in total. The highest BCUT2D eigenvalue weighted by Gasteiger charge is 2.19. The van der Waals surface area contributed by atoms with E-state index in [9.17, 15) is 4.79 Å². The molecule has 0 unspecified atom stereocenters. The lowest BCUT2D eigenvalue weighted by Gasteiger charge is -2.15. The van der Waals surface area contributed by atoms with Crippen LogP contribution in [0.5, 0.6) is 0 Å². The van der Waals surface area contributed by atoms with Crippen LogP contribution in [0, 0.1) is 0 Å². The monoisotopic (exact) mass is 234 g/mol. The maximum atomic E-state index is 11.5. The minimum Gasteiger partial charge on any atom is -0.389 e. The van der Waals surface area contributed by atoms with Gasteiger partial charge in [0.2, 0.25) is 5.91 Å². The van der Waals surface area contributed by atoms with E-state index >= 15 is 0 Å². The number of amides is 1. The Morgan fingerprint density at radius 2 is 2.31 bits per heavy atom. The van der Waals surface area contributed by atoms with Crippen molar-refractivity contribution in [2.75, 3.05) is 6.54 Å². The predicted octanol–water partition coefficient (Wildman–Crippen LogP) is 1.44. The Hall–Kier alpha value is -1.42. The van der Waals surface area contributed by atoms with E-state index in [4.69, 9.17) is 18.0 Å². The first-order valence-corrected chi connectivity index (χ1v) is 5.74. The van der Waals surface area contributed by atoms with Crippen molar-refractivity contribution in [1.29, 1.82) is 0 Å². The molecular formula is C12H14N2OS. The van der Waals surface area contributed by atoms with E-state index in [0.717, 1.165) is 24.1 Å². The van der Waals surface area contributed by atoms with Gasteiger partial charge in [0.15, 0.2) is 0 Å². The number of rotatable bonds is 3. The molecule has 1 amide bonds. The smallest absolute Gasteiger partial charge is 0.222 e. The highest BCUT2D eigenvalue weighted by atomic mass is 32.1. The third kappa shape index (κ3) is 2.39. The van der Waals surface area contributed by atoms with Gasteiger partial charge in [-0.05, 0) is 18.1 Å². The van der Waals surface area contributed by atoms with Gasteiger partial charge < -0.3 is 10.6 Å². The summed E-state index contributed by atoms with van der Waals surface area (Å²) in [6, 6.07) is 7.75. The summed E-state index contributed by atoms with van der Waals surface area (Å²) < 4.78 is 0. The van der Waals surface area contributed by atoms with E-state index in [1.807, 2.05) is 29.2 Å². The molecule has 0 atom stereocenters. The molecule has 4 heteroatoms. The SMILES string of the molecule is NC(=S)c1cccc(CN2CCCC2=O)c1. The van der Waals surface area contributed by atoms with Crippen molar-refractivity contribution in [3.05, 3.63) is 35.4 Å². The standard InChI is InChI=1S/C12H14N2OS/c13-12(16)10-4-1-3-9(7-10)8-14-6-2-5-11(14)15/h1,3-4,7H,2,5-6,8H2,(H2,13,16). The molecule has 0 aromatic heterocycles. The lowest BCUT2D eigenvalue weighted by molar-refractivity contribution is -0.128. The summed E-state index contributed by atoms with van der Waals surface area (Å²) >= 11 is 4.92. The van der Waals surface area contributed by atoms with Crippen LogP contribution in [-0.4, -0.2) is 22.3 Å². The summed E-state index contributed by atoms with van der Waals surface area (Å²) in [5, 5.41) is 0. The van der Waals surface area contributed by atoms with Gasteiger partial charge in [0, 0.05) is 25.1 Å². The summed E-state index contributed by atoms with van der Waals surface area (Å²) in [5.74, 6) is 0.237. The molecule has 2 N–H and O–H groups in total. The first-order chi connectivity index (χ1) is 7.66. The zero-order valence-corrected chi connectivity index (χ0v) is 9.80. The molecule has 16 heavy (non-hydrogen) atoms. The molecule has 84 valence electrons. The molecule has 1 aromatic rings. The van der Waals surface area contributed by atoms with Gasteiger partial charge in [-0.3, -0.25) is 4.79 Å². The number of nitrogens with zero attached hydrogens (tertiary/aromatic N) is 1. The number of hydrogen-bond acceptors (Lipinski definition) is 2. The zero-order chi connectivity index (χ0) is 11.5. The Labute approximate surface area is 100 Å². The number of likely N-dealkylation sites (tertiary alicyclic amines) is 1. The van der Waals surface area contributed by atoms with Crippen LogP contribution in [0.3, 0.4) is 0 Å². The molecule has 1 fully saturated rings. The van der Waals surface area contributed by atoms with E-state index in [0.29, 0.717) is 18.0 Å². The molecule has 0 radical (unpaired) electrons. The summed E-state index contributed by atoms with van der Waals surface area (Å²) in [6.07, 6.45) is 1.64. The Balaban J connectivity index is 2.12. The van der Waals surface area contributed by atoms with Crippen molar-refractivity contribution >= 4 is 23.1 Å². The fourth-order valence-corrected chi connectivity index (χ4v) is 2.04. The van der Waals surface area contributed by atoms with Crippen LogP contribution in [0.2, 0.25) is 0 Å². The first kappa shape index (κ1) is 11.1. The largest absolute Gasteiger partial charge is 0.389 e. The number of nitrogens with two attached hydrogens (primary N) is 1. The molecule has 0 aliphatic carbocycles.